The lowest BCUT2D eigenvalue weighted by Crippen LogP contribution is -2.65. The molecule has 0 saturated carbocycles. The number of cyclic esters (lactones) is 1. The maximum absolute atomic E-state index is 13.8. The largest absolute Gasteiger partial charge is 0.462 e. The number of likely N-dealkylation sites (N-methyl/N-ethyl adjacent to an activating group) is 1. The Morgan fingerprint density at radius 3 is 2.11 bits per heavy atom. The Morgan fingerprint density at radius 2 is 1.52 bits per heavy atom. The van der Waals surface area contributed by atoms with Gasteiger partial charge >= 0.3 is 5.97 Å². The molecule has 18 nitrogen and oxygen atoms in total. The van der Waals surface area contributed by atoms with Crippen molar-refractivity contribution < 1.29 is 82.5 Å². The second-order valence-corrected chi connectivity index (χ2v) is 18.7. The van der Waals surface area contributed by atoms with E-state index in [9.17, 15) is 39.9 Å². The molecule has 5 N–H and O–H groups in total. The summed E-state index contributed by atoms with van der Waals surface area (Å²) in [6.45, 7) is 13.6. The van der Waals surface area contributed by atoms with E-state index >= 15 is 0 Å². The van der Waals surface area contributed by atoms with E-state index in [1.165, 1.54) is 27.2 Å². The van der Waals surface area contributed by atoms with Crippen LogP contribution in [0.2, 0.25) is 0 Å². The summed E-state index contributed by atoms with van der Waals surface area (Å²) < 4.78 is 54.7. The monoisotopic (exact) mass is 916 g/mol. The molecule has 4 aliphatic heterocycles. The van der Waals surface area contributed by atoms with E-state index in [1.807, 2.05) is 19.9 Å². The molecule has 3 saturated heterocycles. The van der Waals surface area contributed by atoms with E-state index in [-0.39, 0.29) is 31.7 Å². The van der Waals surface area contributed by atoms with Gasteiger partial charge in [-0.05, 0) is 73.5 Å². The van der Waals surface area contributed by atoms with Crippen molar-refractivity contribution in [1.82, 2.24) is 4.90 Å². The number of aliphatic hydroxyl groups is 5. The van der Waals surface area contributed by atoms with Crippen molar-refractivity contribution in [3.8, 4) is 0 Å². The standard InChI is InChI=1S/C46H77NO17/c1-13-33-30(22-58-45-42(57-12)41(56-11)37(52)26(5)60-45)18-23(2)14-15-31(49)24(3)19-29(16-17-48)39(25(4)32(50)20-34(51)62-33)64-44-38(53)36(47(9)10)40(27(6)61-44)63-35-21-46(8,55)43(54)28(7)59-35/h14-15,17-18,24-30,32-33,35-45,50,52-55H,13,16,19-22H2,1-12H3/b15-14+,23-18+/t24-,25+,26-,27-,28+,29+,30-,32+,33-,35+,36-,37-,38-,39-,40-,41-,42-,43+,44+,45-,46-/m1/s1. The quantitative estimate of drug-likeness (QED) is 0.131. The fourth-order valence-electron chi connectivity index (χ4n) is 9.51. The Morgan fingerprint density at radius 1 is 0.859 bits per heavy atom. The minimum Gasteiger partial charge on any atom is -0.462 e. The summed E-state index contributed by atoms with van der Waals surface area (Å²) in [7, 11) is 6.43. The Labute approximate surface area is 378 Å². The number of carbonyl (C=O) groups excluding carboxylic acids is 3. The van der Waals surface area contributed by atoms with Crippen LogP contribution >= 0.6 is 0 Å². The maximum atomic E-state index is 13.8. The number of ketones is 1. The second-order valence-electron chi connectivity index (χ2n) is 18.7. The summed E-state index contributed by atoms with van der Waals surface area (Å²) in [5.41, 5.74) is -0.806. The smallest absolute Gasteiger partial charge is 0.308 e. The minimum absolute atomic E-state index is 0.00788. The molecule has 0 aromatic carbocycles. The Bertz CT molecular complexity index is 1560. The maximum Gasteiger partial charge on any atom is 0.308 e. The molecular formula is C46H77NO17. The Kier molecular flexibility index (Phi) is 20.5. The predicted octanol–water partition coefficient (Wildman–Crippen LogP) is 1.83. The number of carbonyl (C=O) groups is 3. The van der Waals surface area contributed by atoms with Crippen molar-refractivity contribution >= 4 is 18.0 Å². The van der Waals surface area contributed by atoms with Gasteiger partial charge in [0.1, 0.15) is 49.0 Å². The molecule has 18 heteroatoms. The Balaban J connectivity index is 1.62. The van der Waals surface area contributed by atoms with Crippen LogP contribution in [0.15, 0.2) is 23.8 Å². The molecule has 0 amide bonds. The van der Waals surface area contributed by atoms with Gasteiger partial charge in [-0.1, -0.05) is 38.5 Å². The zero-order valence-corrected chi connectivity index (χ0v) is 39.7. The fourth-order valence-corrected chi connectivity index (χ4v) is 9.51. The van der Waals surface area contributed by atoms with Gasteiger partial charge in [-0.3, -0.25) is 9.59 Å². The van der Waals surface area contributed by atoms with Crippen molar-refractivity contribution in [2.75, 3.05) is 34.9 Å². The first-order valence-electron chi connectivity index (χ1n) is 22.7. The van der Waals surface area contributed by atoms with Gasteiger partial charge in [0.25, 0.3) is 0 Å². The highest BCUT2D eigenvalue weighted by molar-refractivity contribution is 5.91. The number of hydrogen-bond donors (Lipinski definition) is 5. The predicted molar refractivity (Wildman–Crippen MR) is 230 cm³/mol. The van der Waals surface area contributed by atoms with Crippen molar-refractivity contribution in [2.45, 2.75) is 191 Å². The highest BCUT2D eigenvalue weighted by Gasteiger charge is 2.52. The number of aldehydes is 1. The highest BCUT2D eigenvalue weighted by Crippen LogP contribution is 2.37. The van der Waals surface area contributed by atoms with Gasteiger partial charge in [0.2, 0.25) is 0 Å². The van der Waals surface area contributed by atoms with Crippen LogP contribution in [0, 0.1) is 23.7 Å². The summed E-state index contributed by atoms with van der Waals surface area (Å²) in [6.07, 6.45) is -8.49. The van der Waals surface area contributed by atoms with Crippen LogP contribution in [0.3, 0.4) is 0 Å². The molecule has 4 rings (SSSR count). The molecule has 64 heavy (non-hydrogen) atoms. The molecule has 3 fully saturated rings. The van der Waals surface area contributed by atoms with Crippen LogP contribution in [-0.2, 0) is 57.0 Å². The van der Waals surface area contributed by atoms with Crippen LogP contribution in [0.25, 0.3) is 0 Å². The zero-order chi connectivity index (χ0) is 47.8. The molecule has 0 radical (unpaired) electrons. The van der Waals surface area contributed by atoms with Gasteiger partial charge < -0.3 is 77.9 Å². The number of allylic oxidation sites excluding steroid dienone is 3. The van der Waals surface area contributed by atoms with Crippen molar-refractivity contribution in [1.29, 1.82) is 0 Å². The number of hydrogen-bond acceptors (Lipinski definition) is 18. The summed E-state index contributed by atoms with van der Waals surface area (Å²) in [4.78, 5) is 41.5. The number of rotatable bonds is 13. The van der Waals surface area contributed by atoms with E-state index < -0.39 is 140 Å². The zero-order valence-electron chi connectivity index (χ0n) is 39.7. The van der Waals surface area contributed by atoms with E-state index in [1.54, 1.807) is 59.7 Å². The van der Waals surface area contributed by atoms with Crippen LogP contribution < -0.4 is 0 Å². The Hall–Kier alpha value is -2.27. The normalized spacial score (nSPS) is 45.9. The number of esters is 1. The average Bonchev–Trinajstić information content (AvgIpc) is 3.23. The fraction of sp³-hybridized carbons (Fsp3) is 0.848. The molecule has 368 valence electrons. The van der Waals surface area contributed by atoms with Crippen LogP contribution in [-0.4, -0.2) is 187 Å². The molecule has 0 aromatic rings. The minimum atomic E-state index is -1.49. The molecule has 4 aliphatic rings. The van der Waals surface area contributed by atoms with Crippen molar-refractivity contribution in [3.05, 3.63) is 23.8 Å². The highest BCUT2D eigenvalue weighted by atomic mass is 16.7. The van der Waals surface area contributed by atoms with E-state index in [4.69, 9.17) is 42.6 Å². The van der Waals surface area contributed by atoms with Gasteiger partial charge in [-0.15, -0.1) is 0 Å². The number of nitrogens with zero attached hydrogens (tertiary/aromatic N) is 1. The lowest BCUT2D eigenvalue weighted by atomic mass is 9.79. The molecule has 21 atom stereocenters. The number of methoxy groups -OCH3 is 2. The molecule has 0 unspecified atom stereocenters. The molecule has 0 bridgehead atoms. The van der Waals surface area contributed by atoms with Crippen molar-refractivity contribution in [3.63, 3.8) is 0 Å². The lowest BCUT2D eigenvalue weighted by Gasteiger charge is -2.50. The number of ether oxygens (including phenoxy) is 9. The van der Waals surface area contributed by atoms with Gasteiger partial charge in [0, 0.05) is 44.8 Å². The van der Waals surface area contributed by atoms with Gasteiger partial charge in [0.15, 0.2) is 24.7 Å². The second kappa shape index (κ2) is 24.1. The van der Waals surface area contributed by atoms with Crippen molar-refractivity contribution in [2.24, 2.45) is 23.7 Å². The van der Waals surface area contributed by atoms with E-state index in [2.05, 4.69) is 0 Å². The van der Waals surface area contributed by atoms with Crippen LogP contribution in [0.5, 0.6) is 0 Å². The third-order valence-electron chi connectivity index (χ3n) is 13.4. The first-order chi connectivity index (χ1) is 30.1. The average molecular weight is 916 g/mol. The van der Waals surface area contributed by atoms with Crippen LogP contribution in [0.1, 0.15) is 87.5 Å². The number of aliphatic hydroxyl groups excluding tert-OH is 4. The first kappa shape index (κ1) is 54.3. The van der Waals surface area contributed by atoms with Gasteiger partial charge in [-0.2, -0.15) is 0 Å². The van der Waals surface area contributed by atoms with Gasteiger partial charge in [-0.25, -0.2) is 0 Å². The third kappa shape index (κ3) is 13.5. The lowest BCUT2D eigenvalue weighted by molar-refractivity contribution is -0.341. The summed E-state index contributed by atoms with van der Waals surface area (Å²) in [5.74, 6) is -3.59. The molecule has 0 spiro atoms. The summed E-state index contributed by atoms with van der Waals surface area (Å²) in [6, 6.07) is -0.748. The molecule has 4 heterocycles. The van der Waals surface area contributed by atoms with Gasteiger partial charge in [0.05, 0.1) is 55.2 Å². The summed E-state index contributed by atoms with van der Waals surface area (Å²) >= 11 is 0. The first-order valence-corrected chi connectivity index (χ1v) is 22.7. The topological polar surface area (TPSA) is 239 Å². The molecule has 0 aliphatic carbocycles. The third-order valence-corrected chi connectivity index (χ3v) is 13.4. The SMILES string of the molecule is CC[C@H]1OC(=O)C[C@H](O)[C@H](C)[C@@H](O[C@@H]2O[C@H](C)[C@@H](O[C@H]3C[C@@](C)(O)[C@@H](O)[C@H](C)O3)[C@H](N(C)C)[C@H]2O)[C@@H](CC=O)C[C@@H](C)C(=O)/C=C/C(C)=C/[C@@H]1CO[C@@H]1O[C@H](C)[C@@H](O)[C@@H](OC)[C@H]1OC. The molecular weight excluding hydrogens is 838 g/mol. The van der Waals surface area contributed by atoms with Crippen LogP contribution in [0.4, 0.5) is 0 Å². The molecule has 0 aromatic heterocycles. The summed E-state index contributed by atoms with van der Waals surface area (Å²) in [5, 5.41) is 55.8. The van der Waals surface area contributed by atoms with E-state index in [0.29, 0.717) is 12.0 Å². The van der Waals surface area contributed by atoms with E-state index in [0.717, 1.165) is 6.29 Å².